The number of aromatic nitrogens is 3. The molecular formula is C23H23N5OS2. The number of fused-ring (bicyclic) bond motifs is 1. The quantitative estimate of drug-likeness (QED) is 0.314. The smallest absolute Gasteiger partial charge is 0.234 e. The van der Waals surface area contributed by atoms with Crippen LogP contribution in [0.4, 0.5) is 10.8 Å². The molecular weight excluding hydrogens is 426 g/mol. The zero-order valence-electron chi connectivity index (χ0n) is 17.6. The summed E-state index contributed by atoms with van der Waals surface area (Å²) in [4.78, 5) is 28.0. The van der Waals surface area contributed by atoms with Gasteiger partial charge in [-0.3, -0.25) is 4.79 Å². The van der Waals surface area contributed by atoms with Crippen LogP contribution < -0.4 is 10.2 Å². The molecule has 2 aromatic carbocycles. The number of benzene rings is 2. The minimum Gasteiger partial charge on any atom is -0.347 e. The second kappa shape index (κ2) is 9.45. The Bertz CT molecular complexity index is 1210. The Morgan fingerprint density at radius 1 is 1.10 bits per heavy atom. The molecule has 4 aromatic rings. The summed E-state index contributed by atoms with van der Waals surface area (Å²) >= 11 is 2.95. The van der Waals surface area contributed by atoms with Gasteiger partial charge in [0.1, 0.15) is 16.1 Å². The van der Waals surface area contributed by atoms with Crippen molar-refractivity contribution in [1.82, 2.24) is 15.0 Å². The van der Waals surface area contributed by atoms with E-state index in [0.29, 0.717) is 5.65 Å². The average Bonchev–Trinajstić information content (AvgIpc) is 3.21. The Labute approximate surface area is 189 Å². The molecule has 0 radical (unpaired) electrons. The topological polar surface area (TPSA) is 71.0 Å². The number of thiazole rings is 1. The SMILES string of the molecule is Cc1cccc(NC(=O)CSc2ncnc3nc(N(C)Cc4ccccc4)sc23)c1C. The first kappa shape index (κ1) is 21.3. The van der Waals surface area contributed by atoms with Gasteiger partial charge in [0.25, 0.3) is 0 Å². The van der Waals surface area contributed by atoms with E-state index in [9.17, 15) is 4.79 Å². The van der Waals surface area contributed by atoms with Crippen molar-refractivity contribution in [2.75, 3.05) is 23.0 Å². The first-order chi connectivity index (χ1) is 15.0. The van der Waals surface area contributed by atoms with Gasteiger partial charge in [-0.05, 0) is 36.6 Å². The highest BCUT2D eigenvalue weighted by Gasteiger charge is 2.15. The maximum Gasteiger partial charge on any atom is 0.234 e. The molecule has 0 aliphatic rings. The highest BCUT2D eigenvalue weighted by molar-refractivity contribution is 8.00. The van der Waals surface area contributed by atoms with Crippen molar-refractivity contribution in [3.05, 3.63) is 71.5 Å². The van der Waals surface area contributed by atoms with Crippen LogP contribution in [0.25, 0.3) is 10.3 Å². The Hall–Kier alpha value is -2.97. The van der Waals surface area contributed by atoms with Crippen LogP contribution in [0.3, 0.4) is 0 Å². The molecule has 31 heavy (non-hydrogen) atoms. The molecule has 8 heteroatoms. The van der Waals surface area contributed by atoms with Crippen molar-refractivity contribution >= 4 is 50.2 Å². The van der Waals surface area contributed by atoms with Crippen molar-refractivity contribution in [2.45, 2.75) is 25.4 Å². The molecule has 0 unspecified atom stereocenters. The molecule has 0 bridgehead atoms. The van der Waals surface area contributed by atoms with Crippen LogP contribution in [0.2, 0.25) is 0 Å². The molecule has 0 aliphatic heterocycles. The van der Waals surface area contributed by atoms with E-state index in [4.69, 9.17) is 0 Å². The number of carbonyl (C=O) groups excluding carboxylic acids is 1. The van der Waals surface area contributed by atoms with Crippen LogP contribution in [0.5, 0.6) is 0 Å². The largest absolute Gasteiger partial charge is 0.347 e. The average molecular weight is 450 g/mol. The minimum atomic E-state index is -0.0589. The second-order valence-corrected chi connectivity index (χ2v) is 9.20. The maximum absolute atomic E-state index is 12.5. The first-order valence-corrected chi connectivity index (χ1v) is 11.7. The van der Waals surface area contributed by atoms with Gasteiger partial charge in [-0.15, -0.1) is 0 Å². The molecule has 0 aliphatic carbocycles. The number of aryl methyl sites for hydroxylation is 1. The molecule has 0 saturated heterocycles. The van der Waals surface area contributed by atoms with Crippen LogP contribution in [-0.2, 0) is 11.3 Å². The van der Waals surface area contributed by atoms with Crippen molar-refractivity contribution in [2.24, 2.45) is 0 Å². The zero-order valence-corrected chi connectivity index (χ0v) is 19.3. The number of carbonyl (C=O) groups is 1. The summed E-state index contributed by atoms with van der Waals surface area (Å²) in [6.45, 7) is 4.80. The fourth-order valence-corrected chi connectivity index (χ4v) is 4.97. The lowest BCUT2D eigenvalue weighted by Crippen LogP contribution is -2.15. The fraction of sp³-hybridized carbons (Fsp3) is 0.217. The lowest BCUT2D eigenvalue weighted by Gasteiger charge is -2.15. The zero-order chi connectivity index (χ0) is 21.8. The fourth-order valence-electron chi connectivity index (χ4n) is 3.12. The van der Waals surface area contributed by atoms with E-state index in [1.54, 1.807) is 11.3 Å². The first-order valence-electron chi connectivity index (χ1n) is 9.86. The highest BCUT2D eigenvalue weighted by atomic mass is 32.2. The lowest BCUT2D eigenvalue weighted by molar-refractivity contribution is -0.113. The Kier molecular flexibility index (Phi) is 6.48. The van der Waals surface area contributed by atoms with E-state index in [1.165, 1.54) is 23.7 Å². The van der Waals surface area contributed by atoms with Crippen molar-refractivity contribution in [3.63, 3.8) is 0 Å². The lowest BCUT2D eigenvalue weighted by atomic mass is 10.1. The summed E-state index contributed by atoms with van der Waals surface area (Å²) in [5.74, 6) is 0.212. The summed E-state index contributed by atoms with van der Waals surface area (Å²) in [7, 11) is 2.02. The van der Waals surface area contributed by atoms with Gasteiger partial charge in [-0.2, -0.15) is 4.98 Å². The predicted molar refractivity (Wildman–Crippen MR) is 129 cm³/mol. The Morgan fingerprint density at radius 3 is 2.71 bits per heavy atom. The Morgan fingerprint density at radius 2 is 1.90 bits per heavy atom. The third kappa shape index (κ3) is 5.03. The van der Waals surface area contributed by atoms with Crippen LogP contribution in [-0.4, -0.2) is 33.7 Å². The van der Waals surface area contributed by atoms with Gasteiger partial charge in [0.15, 0.2) is 10.8 Å². The minimum absolute atomic E-state index is 0.0589. The number of anilines is 2. The number of hydrogen-bond donors (Lipinski definition) is 1. The molecule has 0 atom stereocenters. The summed E-state index contributed by atoms with van der Waals surface area (Å²) in [6.07, 6.45) is 1.51. The van der Waals surface area contributed by atoms with Crippen LogP contribution >= 0.6 is 23.1 Å². The highest BCUT2D eigenvalue weighted by Crippen LogP contribution is 2.33. The van der Waals surface area contributed by atoms with Gasteiger partial charge >= 0.3 is 0 Å². The van der Waals surface area contributed by atoms with E-state index in [2.05, 4.69) is 37.3 Å². The van der Waals surface area contributed by atoms with Gasteiger partial charge in [0, 0.05) is 19.3 Å². The summed E-state index contributed by atoms with van der Waals surface area (Å²) in [5, 5.41) is 4.65. The Balaban J connectivity index is 1.45. The van der Waals surface area contributed by atoms with E-state index in [-0.39, 0.29) is 11.7 Å². The number of rotatable bonds is 7. The van der Waals surface area contributed by atoms with Gasteiger partial charge < -0.3 is 10.2 Å². The van der Waals surface area contributed by atoms with Crippen molar-refractivity contribution < 1.29 is 4.79 Å². The van der Waals surface area contributed by atoms with Crippen LogP contribution in [0.15, 0.2) is 59.9 Å². The van der Waals surface area contributed by atoms with E-state index in [0.717, 1.165) is 38.2 Å². The van der Waals surface area contributed by atoms with Crippen molar-refractivity contribution in [3.8, 4) is 0 Å². The van der Waals surface area contributed by atoms with E-state index < -0.39 is 0 Å². The molecule has 6 nitrogen and oxygen atoms in total. The maximum atomic E-state index is 12.5. The number of thioether (sulfide) groups is 1. The van der Waals surface area contributed by atoms with Gasteiger partial charge in [-0.1, -0.05) is 65.6 Å². The molecule has 2 aromatic heterocycles. The molecule has 158 valence electrons. The van der Waals surface area contributed by atoms with Crippen molar-refractivity contribution in [1.29, 1.82) is 0 Å². The molecule has 4 rings (SSSR count). The molecule has 0 spiro atoms. The number of nitrogens with one attached hydrogen (secondary N) is 1. The summed E-state index contributed by atoms with van der Waals surface area (Å²) in [6, 6.07) is 16.2. The third-order valence-corrected chi connectivity index (χ3v) is 7.24. The number of nitrogens with zero attached hydrogens (tertiary/aromatic N) is 4. The second-order valence-electron chi connectivity index (χ2n) is 7.25. The predicted octanol–water partition coefficient (Wildman–Crippen LogP) is 5.07. The normalized spacial score (nSPS) is 10.9. The van der Waals surface area contributed by atoms with Gasteiger partial charge in [0.05, 0.1) is 5.75 Å². The van der Waals surface area contributed by atoms with E-state index in [1.807, 2.05) is 57.3 Å². The summed E-state index contributed by atoms with van der Waals surface area (Å²) in [5.41, 5.74) is 4.96. The monoisotopic (exact) mass is 449 g/mol. The van der Waals surface area contributed by atoms with Crippen LogP contribution in [0.1, 0.15) is 16.7 Å². The number of amides is 1. The molecule has 2 heterocycles. The van der Waals surface area contributed by atoms with Crippen LogP contribution in [0, 0.1) is 13.8 Å². The molecule has 0 fully saturated rings. The van der Waals surface area contributed by atoms with Gasteiger partial charge in [-0.25, -0.2) is 9.97 Å². The number of hydrogen-bond acceptors (Lipinski definition) is 7. The summed E-state index contributed by atoms with van der Waals surface area (Å²) < 4.78 is 0.905. The molecule has 0 saturated carbocycles. The third-order valence-electron chi connectivity index (χ3n) is 4.96. The van der Waals surface area contributed by atoms with E-state index >= 15 is 0 Å². The van der Waals surface area contributed by atoms with Gasteiger partial charge in [0.2, 0.25) is 5.91 Å². The molecule has 1 N–H and O–H groups in total. The standard InChI is InChI=1S/C23H23N5OS2/c1-15-8-7-11-18(16(15)2)26-19(29)13-30-22-20-21(24-14-25-22)27-23(31-20)28(3)12-17-9-5-4-6-10-17/h4-11,14H,12-13H2,1-3H3,(H,26,29). The molecule has 1 amide bonds.